The van der Waals surface area contributed by atoms with Gasteiger partial charge >= 0.3 is 5.97 Å². The van der Waals surface area contributed by atoms with Gasteiger partial charge in [0.05, 0.1) is 12.8 Å². The lowest BCUT2D eigenvalue weighted by Gasteiger charge is -2.30. The van der Waals surface area contributed by atoms with E-state index in [4.69, 9.17) is 4.74 Å². The molecule has 132 valence electrons. The Morgan fingerprint density at radius 3 is 2.27 bits per heavy atom. The average Bonchev–Trinajstić information content (AvgIpc) is 2.69. The van der Waals surface area contributed by atoms with Crippen molar-refractivity contribution in [1.29, 1.82) is 0 Å². The summed E-state index contributed by atoms with van der Waals surface area (Å²) in [5.41, 5.74) is 2.18. The molecule has 0 heterocycles. The fourth-order valence-corrected chi connectivity index (χ4v) is 3.15. The summed E-state index contributed by atoms with van der Waals surface area (Å²) >= 11 is 0. The molecule has 0 aliphatic carbocycles. The van der Waals surface area contributed by atoms with Gasteiger partial charge in [0.1, 0.15) is 6.04 Å². The van der Waals surface area contributed by atoms with Gasteiger partial charge in [0, 0.05) is 10.9 Å². The van der Waals surface area contributed by atoms with Gasteiger partial charge in [0.25, 0.3) is 5.91 Å². The van der Waals surface area contributed by atoms with Crippen LogP contribution in [-0.4, -0.2) is 25.0 Å². The number of hydrogen-bond acceptors (Lipinski definition) is 3. The average molecular weight is 347 g/mol. The molecule has 0 bridgehead atoms. The predicted octanol–water partition coefficient (Wildman–Crippen LogP) is 4.36. The molecule has 0 N–H and O–H groups in total. The summed E-state index contributed by atoms with van der Waals surface area (Å²) in [7, 11) is 1.33. The van der Waals surface area contributed by atoms with Gasteiger partial charge in [-0.25, -0.2) is 4.79 Å². The second kappa shape index (κ2) is 7.40. The largest absolute Gasteiger partial charge is 0.467 e. The topological polar surface area (TPSA) is 46.6 Å². The predicted molar refractivity (Wildman–Crippen MR) is 103 cm³/mol. The van der Waals surface area contributed by atoms with Crippen molar-refractivity contribution in [3.05, 3.63) is 77.9 Å². The summed E-state index contributed by atoms with van der Waals surface area (Å²) in [4.78, 5) is 27.2. The highest BCUT2D eigenvalue weighted by molar-refractivity contribution is 6.14. The molecule has 0 saturated heterocycles. The van der Waals surface area contributed by atoms with Gasteiger partial charge in [-0.1, -0.05) is 54.6 Å². The number of hydrogen-bond donors (Lipinski definition) is 0. The number of esters is 1. The maximum Gasteiger partial charge on any atom is 0.328 e. The monoisotopic (exact) mass is 347 g/mol. The van der Waals surface area contributed by atoms with E-state index in [-0.39, 0.29) is 5.91 Å². The van der Waals surface area contributed by atoms with Crippen LogP contribution in [0.1, 0.15) is 22.8 Å². The number of ether oxygens (including phenoxy) is 1. The van der Waals surface area contributed by atoms with E-state index >= 15 is 0 Å². The van der Waals surface area contributed by atoms with E-state index in [9.17, 15) is 9.59 Å². The molecule has 0 spiro atoms. The SMILES string of the molecule is COC(=O)[C@H](C)N(C(=O)c1ccccc1)c1c(C)ccc2ccccc12. The van der Waals surface area contributed by atoms with Gasteiger partial charge in [-0.15, -0.1) is 0 Å². The molecule has 0 aliphatic rings. The minimum atomic E-state index is -0.753. The molecule has 4 heteroatoms. The second-order valence-corrected chi connectivity index (χ2v) is 6.19. The van der Waals surface area contributed by atoms with Crippen LogP contribution in [0.2, 0.25) is 0 Å². The molecule has 0 unspecified atom stereocenters. The maximum absolute atomic E-state index is 13.3. The lowest BCUT2D eigenvalue weighted by molar-refractivity contribution is -0.141. The van der Waals surface area contributed by atoms with E-state index in [1.54, 1.807) is 24.0 Å². The third kappa shape index (κ3) is 3.18. The Morgan fingerprint density at radius 2 is 1.58 bits per heavy atom. The van der Waals surface area contributed by atoms with Crippen molar-refractivity contribution in [2.24, 2.45) is 0 Å². The van der Waals surface area contributed by atoms with E-state index in [1.807, 2.05) is 61.5 Å². The summed E-state index contributed by atoms with van der Waals surface area (Å²) in [5, 5.41) is 1.93. The first-order chi connectivity index (χ1) is 12.5. The standard InChI is InChI=1S/C22H21NO3/c1-15-13-14-17-9-7-8-12-19(17)20(15)23(16(2)22(25)26-3)21(24)18-10-5-4-6-11-18/h4-14,16H,1-3H3/t16-/m0/s1. The lowest BCUT2D eigenvalue weighted by atomic mass is 10.0. The van der Waals surface area contributed by atoms with Gasteiger partial charge < -0.3 is 4.74 Å². The van der Waals surface area contributed by atoms with E-state index in [0.717, 1.165) is 22.0 Å². The first-order valence-electron chi connectivity index (χ1n) is 8.49. The van der Waals surface area contributed by atoms with Crippen molar-refractivity contribution >= 4 is 28.3 Å². The number of carbonyl (C=O) groups is 2. The Bertz CT molecular complexity index is 950. The van der Waals surface area contributed by atoms with Crippen LogP contribution in [-0.2, 0) is 9.53 Å². The second-order valence-electron chi connectivity index (χ2n) is 6.19. The highest BCUT2D eigenvalue weighted by atomic mass is 16.5. The molecule has 0 aromatic heterocycles. The number of nitrogens with zero attached hydrogens (tertiary/aromatic N) is 1. The number of aryl methyl sites for hydroxylation is 1. The van der Waals surface area contributed by atoms with E-state index in [2.05, 4.69) is 0 Å². The quantitative estimate of drug-likeness (QED) is 0.659. The molecule has 0 fully saturated rings. The van der Waals surface area contributed by atoms with E-state index in [1.165, 1.54) is 7.11 Å². The maximum atomic E-state index is 13.3. The first-order valence-corrected chi connectivity index (χ1v) is 8.49. The molecule has 3 aromatic carbocycles. The molecule has 4 nitrogen and oxygen atoms in total. The summed E-state index contributed by atoms with van der Waals surface area (Å²) < 4.78 is 4.92. The normalized spacial score (nSPS) is 11.8. The molecular weight excluding hydrogens is 326 g/mol. The van der Waals surface area contributed by atoms with Gasteiger partial charge in [-0.2, -0.15) is 0 Å². The number of benzene rings is 3. The molecule has 0 aliphatic heterocycles. The highest BCUT2D eigenvalue weighted by Crippen LogP contribution is 2.33. The van der Waals surface area contributed by atoms with Gasteiger partial charge in [-0.3, -0.25) is 9.69 Å². The third-order valence-electron chi connectivity index (χ3n) is 4.51. The molecular formula is C22H21NO3. The van der Waals surface area contributed by atoms with Crippen molar-refractivity contribution in [1.82, 2.24) is 0 Å². The fraction of sp³-hybridized carbons (Fsp3) is 0.182. The summed E-state index contributed by atoms with van der Waals surface area (Å²) in [6, 6.07) is 20.0. The molecule has 0 radical (unpaired) electrons. The van der Waals surface area contributed by atoms with Crippen LogP contribution in [0.3, 0.4) is 0 Å². The third-order valence-corrected chi connectivity index (χ3v) is 4.51. The first kappa shape index (κ1) is 17.7. The number of methoxy groups -OCH3 is 1. The van der Waals surface area contributed by atoms with Gasteiger partial charge in [-0.05, 0) is 36.9 Å². The summed E-state index contributed by atoms with van der Waals surface area (Å²) in [6.45, 7) is 3.63. The van der Waals surface area contributed by atoms with Crippen LogP contribution in [0.4, 0.5) is 5.69 Å². The van der Waals surface area contributed by atoms with Gasteiger partial charge in [0.2, 0.25) is 0 Å². The van der Waals surface area contributed by atoms with Gasteiger partial charge in [0.15, 0.2) is 0 Å². The molecule has 0 saturated carbocycles. The number of amides is 1. The molecule has 26 heavy (non-hydrogen) atoms. The number of rotatable bonds is 4. The highest BCUT2D eigenvalue weighted by Gasteiger charge is 2.31. The van der Waals surface area contributed by atoms with Crippen molar-refractivity contribution in [2.75, 3.05) is 12.0 Å². The van der Waals surface area contributed by atoms with Crippen LogP contribution < -0.4 is 4.90 Å². The van der Waals surface area contributed by atoms with Crippen molar-refractivity contribution in [3.63, 3.8) is 0 Å². The zero-order valence-electron chi connectivity index (χ0n) is 15.1. The summed E-state index contributed by atoms with van der Waals surface area (Å²) in [6.07, 6.45) is 0. The number of anilines is 1. The molecule has 1 amide bonds. The number of fused-ring (bicyclic) bond motifs is 1. The van der Waals surface area contributed by atoms with Crippen LogP contribution in [0.5, 0.6) is 0 Å². The van der Waals surface area contributed by atoms with Crippen LogP contribution in [0, 0.1) is 6.92 Å². The Kier molecular flexibility index (Phi) is 5.03. The Morgan fingerprint density at radius 1 is 0.923 bits per heavy atom. The summed E-state index contributed by atoms with van der Waals surface area (Å²) in [5.74, 6) is -0.690. The fourth-order valence-electron chi connectivity index (χ4n) is 3.15. The van der Waals surface area contributed by atoms with E-state index in [0.29, 0.717) is 5.56 Å². The zero-order valence-corrected chi connectivity index (χ0v) is 15.1. The Balaban J connectivity index is 2.23. The number of carbonyl (C=O) groups excluding carboxylic acids is 2. The molecule has 3 aromatic rings. The van der Waals surface area contributed by atoms with Crippen LogP contribution in [0.15, 0.2) is 66.7 Å². The smallest absolute Gasteiger partial charge is 0.328 e. The Labute approximate surface area is 153 Å². The minimum Gasteiger partial charge on any atom is -0.467 e. The molecule has 3 rings (SSSR count). The van der Waals surface area contributed by atoms with Crippen LogP contribution in [0.25, 0.3) is 10.8 Å². The Hall–Kier alpha value is -3.14. The van der Waals surface area contributed by atoms with Crippen molar-refractivity contribution in [2.45, 2.75) is 19.9 Å². The van der Waals surface area contributed by atoms with E-state index < -0.39 is 12.0 Å². The van der Waals surface area contributed by atoms with Crippen LogP contribution >= 0.6 is 0 Å². The molecule has 1 atom stereocenters. The van der Waals surface area contributed by atoms with Crippen molar-refractivity contribution < 1.29 is 14.3 Å². The minimum absolute atomic E-state index is 0.233. The lowest BCUT2D eigenvalue weighted by Crippen LogP contribution is -2.44. The zero-order chi connectivity index (χ0) is 18.7. The van der Waals surface area contributed by atoms with Crippen molar-refractivity contribution in [3.8, 4) is 0 Å².